The van der Waals surface area contributed by atoms with E-state index in [1.165, 1.54) is 0 Å². The van der Waals surface area contributed by atoms with Gasteiger partial charge in [-0.3, -0.25) is 15.2 Å². The molecule has 0 aromatic heterocycles. The zero-order chi connectivity index (χ0) is 13.2. The molecule has 2 aromatic carbocycles. The molecule has 19 heavy (non-hydrogen) atoms. The monoisotopic (exact) mass is 272 g/mol. The number of amides is 1. The van der Waals surface area contributed by atoms with Crippen LogP contribution >= 0.6 is 11.6 Å². The topological polar surface area (TPSA) is 32.3 Å². The van der Waals surface area contributed by atoms with Gasteiger partial charge in [0.05, 0.1) is 18.2 Å². The van der Waals surface area contributed by atoms with E-state index in [-0.39, 0.29) is 11.9 Å². The van der Waals surface area contributed by atoms with E-state index in [4.69, 9.17) is 11.6 Å². The number of hydrazine groups is 1. The smallest absolute Gasteiger partial charge is 0.241 e. The number of nitrogens with zero attached hydrogens (tertiary/aromatic N) is 1. The van der Waals surface area contributed by atoms with Gasteiger partial charge < -0.3 is 0 Å². The lowest BCUT2D eigenvalue weighted by atomic mass is 10.0. The molecule has 1 heterocycles. The Labute approximate surface area is 116 Å². The molecule has 1 aliphatic rings. The lowest BCUT2D eigenvalue weighted by Gasteiger charge is -2.25. The van der Waals surface area contributed by atoms with Crippen LogP contribution < -0.4 is 10.4 Å². The summed E-state index contributed by atoms with van der Waals surface area (Å²) in [5.74, 6) is 0.0313. The molecule has 1 atom stereocenters. The average molecular weight is 273 g/mol. The summed E-state index contributed by atoms with van der Waals surface area (Å²) in [7, 11) is 0. The van der Waals surface area contributed by atoms with Crippen LogP contribution in [0.4, 0.5) is 5.69 Å². The summed E-state index contributed by atoms with van der Waals surface area (Å²) >= 11 is 5.90. The van der Waals surface area contributed by atoms with Gasteiger partial charge in [0.2, 0.25) is 5.91 Å². The molecule has 0 aliphatic carbocycles. The maximum absolute atomic E-state index is 11.7. The Hall–Kier alpha value is -2.00. The van der Waals surface area contributed by atoms with Gasteiger partial charge in [0.1, 0.15) is 0 Å². The Morgan fingerprint density at radius 3 is 2.42 bits per heavy atom. The fraction of sp³-hybridized carbons (Fsp3) is 0.133. The largest absolute Gasteiger partial charge is 0.278 e. The maximum atomic E-state index is 11.7. The number of benzene rings is 2. The number of carbonyl (C=O) groups excluding carboxylic acids is 1. The molecule has 3 rings (SSSR count). The molecule has 1 fully saturated rings. The highest BCUT2D eigenvalue weighted by Crippen LogP contribution is 2.32. The summed E-state index contributed by atoms with van der Waals surface area (Å²) in [4.78, 5) is 11.7. The van der Waals surface area contributed by atoms with Gasteiger partial charge in [-0.2, -0.15) is 0 Å². The predicted octanol–water partition coefficient (Wildman–Crippen LogP) is 3.32. The zero-order valence-electron chi connectivity index (χ0n) is 10.2. The van der Waals surface area contributed by atoms with Crippen molar-refractivity contribution in [2.75, 3.05) is 5.01 Å². The highest BCUT2D eigenvalue weighted by molar-refractivity contribution is 6.30. The summed E-state index contributed by atoms with van der Waals surface area (Å²) in [6, 6.07) is 17.5. The van der Waals surface area contributed by atoms with Crippen molar-refractivity contribution >= 4 is 23.2 Å². The van der Waals surface area contributed by atoms with Gasteiger partial charge in [-0.05, 0) is 29.8 Å². The third kappa shape index (κ3) is 2.42. The number of hydrogen-bond donors (Lipinski definition) is 1. The van der Waals surface area contributed by atoms with Gasteiger partial charge in [-0.1, -0.05) is 41.9 Å². The van der Waals surface area contributed by atoms with Gasteiger partial charge in [0.15, 0.2) is 0 Å². The molecule has 96 valence electrons. The van der Waals surface area contributed by atoms with Gasteiger partial charge in [0, 0.05) is 5.02 Å². The lowest BCUT2D eigenvalue weighted by molar-refractivity contribution is -0.119. The SMILES string of the molecule is O=C1C[C@@H](c2ccc(Cl)cc2)N(c2ccccc2)N1. The lowest BCUT2D eigenvalue weighted by Crippen LogP contribution is -2.34. The molecule has 0 spiro atoms. The van der Waals surface area contributed by atoms with Gasteiger partial charge >= 0.3 is 0 Å². The van der Waals surface area contributed by atoms with Crippen molar-refractivity contribution in [1.82, 2.24) is 5.43 Å². The van der Waals surface area contributed by atoms with Crippen LogP contribution in [0.25, 0.3) is 0 Å². The second kappa shape index (κ2) is 4.94. The number of carbonyl (C=O) groups is 1. The van der Waals surface area contributed by atoms with E-state index in [9.17, 15) is 4.79 Å². The molecule has 1 amide bonds. The molecule has 0 bridgehead atoms. The standard InChI is InChI=1S/C15H13ClN2O/c16-12-8-6-11(7-9-12)14-10-15(19)17-18(14)13-4-2-1-3-5-13/h1-9,14H,10H2,(H,17,19)/t14-/m0/s1. The van der Waals surface area contributed by atoms with Crippen LogP contribution in [0.15, 0.2) is 54.6 Å². The highest BCUT2D eigenvalue weighted by Gasteiger charge is 2.31. The van der Waals surface area contributed by atoms with E-state index in [1.54, 1.807) is 0 Å². The van der Waals surface area contributed by atoms with Crippen LogP contribution in [0.2, 0.25) is 5.02 Å². The second-order valence-electron chi connectivity index (χ2n) is 4.51. The van der Waals surface area contributed by atoms with E-state index in [2.05, 4.69) is 5.43 Å². The van der Waals surface area contributed by atoms with Crippen molar-refractivity contribution in [3.05, 3.63) is 65.2 Å². The third-order valence-corrected chi connectivity index (χ3v) is 3.48. The Kier molecular flexibility index (Phi) is 3.13. The summed E-state index contributed by atoms with van der Waals surface area (Å²) in [5, 5.41) is 2.61. The van der Waals surface area contributed by atoms with Crippen molar-refractivity contribution < 1.29 is 4.79 Å². The Morgan fingerprint density at radius 2 is 1.74 bits per heavy atom. The van der Waals surface area contributed by atoms with Crippen LogP contribution in [-0.2, 0) is 4.79 Å². The molecule has 0 saturated carbocycles. The zero-order valence-corrected chi connectivity index (χ0v) is 11.0. The minimum atomic E-state index is 0.00664. The van der Waals surface area contributed by atoms with Crippen molar-refractivity contribution in [2.45, 2.75) is 12.5 Å². The molecular formula is C15H13ClN2O. The molecular weight excluding hydrogens is 260 g/mol. The number of hydrogen-bond acceptors (Lipinski definition) is 2. The summed E-state index contributed by atoms with van der Waals surface area (Å²) in [6.07, 6.45) is 0.455. The number of halogens is 1. The second-order valence-corrected chi connectivity index (χ2v) is 4.95. The van der Waals surface area contributed by atoms with E-state index in [0.717, 1.165) is 11.3 Å². The summed E-state index contributed by atoms with van der Waals surface area (Å²) in [5.41, 5.74) is 4.95. The minimum Gasteiger partial charge on any atom is -0.278 e. The molecule has 1 saturated heterocycles. The maximum Gasteiger partial charge on any atom is 0.241 e. The van der Waals surface area contributed by atoms with E-state index in [1.807, 2.05) is 59.6 Å². The first kappa shape index (κ1) is 12.1. The van der Waals surface area contributed by atoms with E-state index < -0.39 is 0 Å². The van der Waals surface area contributed by atoms with Crippen LogP contribution in [0, 0.1) is 0 Å². The molecule has 2 aromatic rings. The van der Waals surface area contributed by atoms with Gasteiger partial charge in [-0.25, -0.2) is 0 Å². The van der Waals surface area contributed by atoms with Crippen molar-refractivity contribution in [2.24, 2.45) is 0 Å². The normalized spacial score (nSPS) is 18.5. The first-order valence-electron chi connectivity index (χ1n) is 6.13. The van der Waals surface area contributed by atoms with Gasteiger partial charge in [0.25, 0.3) is 0 Å². The Bertz CT molecular complexity index is 583. The molecule has 0 radical (unpaired) electrons. The van der Waals surface area contributed by atoms with Crippen molar-refractivity contribution in [1.29, 1.82) is 0 Å². The first-order chi connectivity index (χ1) is 9.24. The molecule has 1 N–H and O–H groups in total. The van der Waals surface area contributed by atoms with E-state index >= 15 is 0 Å². The number of nitrogens with one attached hydrogen (secondary N) is 1. The van der Waals surface area contributed by atoms with Crippen molar-refractivity contribution in [3.63, 3.8) is 0 Å². The van der Waals surface area contributed by atoms with Crippen LogP contribution in [0.5, 0.6) is 0 Å². The predicted molar refractivity (Wildman–Crippen MR) is 75.9 cm³/mol. The quantitative estimate of drug-likeness (QED) is 0.910. The average Bonchev–Trinajstić information content (AvgIpc) is 2.83. The molecule has 1 aliphatic heterocycles. The summed E-state index contributed by atoms with van der Waals surface area (Å²) < 4.78 is 0. The van der Waals surface area contributed by atoms with Crippen LogP contribution in [-0.4, -0.2) is 5.91 Å². The Morgan fingerprint density at radius 1 is 1.05 bits per heavy atom. The molecule has 4 heteroatoms. The molecule has 0 unspecified atom stereocenters. The fourth-order valence-corrected chi connectivity index (χ4v) is 2.44. The van der Waals surface area contributed by atoms with E-state index in [0.29, 0.717) is 11.4 Å². The highest BCUT2D eigenvalue weighted by atomic mass is 35.5. The first-order valence-corrected chi connectivity index (χ1v) is 6.51. The molecule has 3 nitrogen and oxygen atoms in total. The van der Waals surface area contributed by atoms with Crippen molar-refractivity contribution in [3.8, 4) is 0 Å². The fourth-order valence-electron chi connectivity index (χ4n) is 2.31. The van der Waals surface area contributed by atoms with Crippen LogP contribution in [0.3, 0.4) is 0 Å². The number of anilines is 1. The summed E-state index contributed by atoms with van der Waals surface area (Å²) in [6.45, 7) is 0. The number of rotatable bonds is 2. The van der Waals surface area contributed by atoms with Crippen LogP contribution in [0.1, 0.15) is 18.0 Å². The van der Waals surface area contributed by atoms with Gasteiger partial charge in [-0.15, -0.1) is 0 Å². The Balaban J connectivity index is 1.95. The minimum absolute atomic E-state index is 0.00664. The third-order valence-electron chi connectivity index (χ3n) is 3.22. The number of para-hydroxylation sites is 1.